The number of nitrogens with zero attached hydrogens (tertiary/aromatic N) is 1. The normalized spacial score (nSPS) is 19.6. The van der Waals surface area contributed by atoms with E-state index in [0.717, 1.165) is 25.9 Å². The maximum Gasteiger partial charge on any atom is 0.267 e. The Morgan fingerprint density at radius 3 is 2.85 bits per heavy atom. The van der Waals surface area contributed by atoms with E-state index in [1.807, 2.05) is 18.2 Å². The molecule has 0 aliphatic carbocycles. The molecule has 7 heteroatoms. The van der Waals surface area contributed by atoms with Gasteiger partial charge in [0, 0.05) is 18.8 Å². The molecule has 1 saturated heterocycles. The number of pyridine rings is 1. The summed E-state index contributed by atoms with van der Waals surface area (Å²) in [7, 11) is 0. The van der Waals surface area contributed by atoms with E-state index in [1.54, 1.807) is 12.3 Å². The first-order chi connectivity index (χ1) is 12.6. The number of rotatable bonds is 6. The smallest absolute Gasteiger partial charge is 0.267 e. The van der Waals surface area contributed by atoms with Gasteiger partial charge < -0.3 is 10.6 Å². The molecule has 0 spiro atoms. The van der Waals surface area contributed by atoms with Gasteiger partial charge in [0.25, 0.3) is 5.91 Å². The van der Waals surface area contributed by atoms with Gasteiger partial charge in [-0.1, -0.05) is 41.9 Å². The zero-order chi connectivity index (χ0) is 18.4. The van der Waals surface area contributed by atoms with Crippen molar-refractivity contribution in [3.63, 3.8) is 0 Å². The minimum atomic E-state index is -0.609. The van der Waals surface area contributed by atoms with Gasteiger partial charge >= 0.3 is 0 Å². The number of hydrogen-bond acceptors (Lipinski definition) is 5. The van der Waals surface area contributed by atoms with Gasteiger partial charge in [0.15, 0.2) is 0 Å². The molecular formula is C19H21ClN4O2. The average Bonchev–Trinajstić information content (AvgIpc) is 3.10. The Morgan fingerprint density at radius 1 is 1.38 bits per heavy atom. The molecule has 1 fully saturated rings. The summed E-state index contributed by atoms with van der Waals surface area (Å²) < 4.78 is 0. The summed E-state index contributed by atoms with van der Waals surface area (Å²) in [4.78, 5) is 15.5. The van der Waals surface area contributed by atoms with Crippen molar-refractivity contribution in [1.82, 2.24) is 15.8 Å². The molecule has 1 aromatic carbocycles. The van der Waals surface area contributed by atoms with Crippen molar-refractivity contribution < 1.29 is 10.0 Å². The largest absolute Gasteiger partial charge is 0.362 e. The van der Waals surface area contributed by atoms with E-state index < -0.39 is 5.91 Å². The zero-order valence-corrected chi connectivity index (χ0v) is 15.0. The van der Waals surface area contributed by atoms with Crippen LogP contribution >= 0.6 is 11.6 Å². The lowest BCUT2D eigenvalue weighted by atomic mass is 9.90. The second-order valence-electron chi connectivity index (χ2n) is 6.40. The molecule has 26 heavy (non-hydrogen) atoms. The molecule has 136 valence electrons. The molecule has 1 aliphatic rings. The second kappa shape index (κ2) is 8.31. The zero-order valence-electron chi connectivity index (χ0n) is 14.2. The lowest BCUT2D eigenvalue weighted by Gasteiger charge is -2.31. The summed E-state index contributed by atoms with van der Waals surface area (Å²) in [6.45, 7) is 1.77. The lowest BCUT2D eigenvalue weighted by Crippen LogP contribution is -2.43. The topological polar surface area (TPSA) is 86.3 Å². The number of anilines is 1. The van der Waals surface area contributed by atoms with Crippen LogP contribution in [0.5, 0.6) is 0 Å². The van der Waals surface area contributed by atoms with Crippen molar-refractivity contribution in [2.75, 3.05) is 18.4 Å². The highest BCUT2D eigenvalue weighted by atomic mass is 35.5. The molecule has 0 unspecified atom stereocenters. The molecule has 2 heterocycles. The number of carbonyl (C=O) groups is 1. The number of aromatic nitrogens is 1. The van der Waals surface area contributed by atoms with Crippen molar-refractivity contribution in [3.05, 3.63) is 64.8 Å². The van der Waals surface area contributed by atoms with E-state index in [1.165, 1.54) is 23.2 Å². The standard InChI is InChI=1S/C19H21ClN4O2/c20-16-10-15(6-7-17(25)24-26)12-22-18(16)23-19(8-9-21-13-19)11-14-4-2-1-3-5-14/h1-7,10,12,21,26H,8-9,11,13H2,(H,22,23)(H,24,25)/b7-6+/t19-/m0/s1. The van der Waals surface area contributed by atoms with Crippen LogP contribution in [0.2, 0.25) is 5.02 Å². The number of amides is 1. The third-order valence-corrected chi connectivity index (χ3v) is 4.70. The first-order valence-electron chi connectivity index (χ1n) is 8.41. The maximum absolute atomic E-state index is 11.1. The third kappa shape index (κ3) is 4.60. The van der Waals surface area contributed by atoms with Crippen LogP contribution < -0.4 is 16.1 Å². The second-order valence-corrected chi connectivity index (χ2v) is 6.81. The summed E-state index contributed by atoms with van der Waals surface area (Å²) in [5.74, 6) is 0.0113. The van der Waals surface area contributed by atoms with Gasteiger partial charge in [0.2, 0.25) is 0 Å². The van der Waals surface area contributed by atoms with Crippen LogP contribution in [0.25, 0.3) is 6.08 Å². The third-order valence-electron chi connectivity index (χ3n) is 4.41. The predicted octanol–water partition coefficient (Wildman–Crippen LogP) is 2.64. The van der Waals surface area contributed by atoms with Crippen LogP contribution in [0, 0.1) is 0 Å². The number of hydroxylamine groups is 1. The summed E-state index contributed by atoms with van der Waals surface area (Å²) >= 11 is 6.39. The molecule has 1 aliphatic heterocycles. The van der Waals surface area contributed by atoms with E-state index in [-0.39, 0.29) is 5.54 Å². The average molecular weight is 373 g/mol. The Bertz CT molecular complexity index is 789. The fourth-order valence-corrected chi connectivity index (χ4v) is 3.35. The molecule has 1 atom stereocenters. The van der Waals surface area contributed by atoms with E-state index in [9.17, 15) is 4.79 Å². The van der Waals surface area contributed by atoms with Crippen LogP contribution in [0.15, 0.2) is 48.7 Å². The summed E-state index contributed by atoms with van der Waals surface area (Å²) in [6.07, 6.45) is 6.21. The molecule has 0 radical (unpaired) electrons. The fraction of sp³-hybridized carbons (Fsp3) is 0.263. The van der Waals surface area contributed by atoms with E-state index >= 15 is 0 Å². The molecule has 1 amide bonds. The van der Waals surface area contributed by atoms with Crippen molar-refractivity contribution in [2.45, 2.75) is 18.4 Å². The molecule has 0 saturated carbocycles. The van der Waals surface area contributed by atoms with Crippen molar-refractivity contribution in [1.29, 1.82) is 0 Å². The fourth-order valence-electron chi connectivity index (χ4n) is 3.13. The van der Waals surface area contributed by atoms with Gasteiger partial charge in [0.1, 0.15) is 5.82 Å². The molecule has 0 bridgehead atoms. The van der Waals surface area contributed by atoms with Crippen LogP contribution in [-0.4, -0.2) is 34.7 Å². The van der Waals surface area contributed by atoms with Gasteiger partial charge in [-0.3, -0.25) is 10.0 Å². The molecule has 3 rings (SSSR count). The molecule has 4 N–H and O–H groups in total. The van der Waals surface area contributed by atoms with Gasteiger partial charge in [-0.25, -0.2) is 10.5 Å². The molecule has 6 nitrogen and oxygen atoms in total. The summed E-state index contributed by atoms with van der Waals surface area (Å²) in [5, 5.41) is 15.9. The number of nitrogens with one attached hydrogen (secondary N) is 3. The number of halogens is 1. The molecular weight excluding hydrogens is 352 g/mol. The van der Waals surface area contributed by atoms with Gasteiger partial charge in [-0.05, 0) is 42.7 Å². The Hall–Kier alpha value is -2.41. The molecule has 2 aromatic rings. The highest BCUT2D eigenvalue weighted by Crippen LogP contribution is 2.29. The Morgan fingerprint density at radius 2 is 2.19 bits per heavy atom. The number of hydrogen-bond donors (Lipinski definition) is 4. The Balaban J connectivity index is 1.77. The van der Waals surface area contributed by atoms with Crippen LogP contribution in [0.1, 0.15) is 17.5 Å². The Labute approximate surface area is 157 Å². The quantitative estimate of drug-likeness (QED) is 0.356. The van der Waals surface area contributed by atoms with Crippen LogP contribution in [-0.2, 0) is 11.2 Å². The first-order valence-corrected chi connectivity index (χ1v) is 8.79. The van der Waals surface area contributed by atoms with E-state index in [2.05, 4.69) is 27.8 Å². The highest BCUT2D eigenvalue weighted by molar-refractivity contribution is 6.33. The Kier molecular flexibility index (Phi) is 5.88. The minimum absolute atomic E-state index is 0.147. The minimum Gasteiger partial charge on any atom is -0.362 e. The summed E-state index contributed by atoms with van der Waals surface area (Å²) in [5.41, 5.74) is 3.32. The van der Waals surface area contributed by atoms with Gasteiger partial charge in [0.05, 0.1) is 10.6 Å². The number of carbonyl (C=O) groups excluding carboxylic acids is 1. The maximum atomic E-state index is 11.1. The first kappa shape index (κ1) is 18.4. The lowest BCUT2D eigenvalue weighted by molar-refractivity contribution is -0.124. The summed E-state index contributed by atoms with van der Waals surface area (Å²) in [6, 6.07) is 12.1. The predicted molar refractivity (Wildman–Crippen MR) is 102 cm³/mol. The SMILES string of the molecule is O=C(/C=C/c1cnc(N[C@]2(Cc3ccccc3)CCNC2)c(Cl)c1)NO. The van der Waals surface area contributed by atoms with E-state index in [4.69, 9.17) is 16.8 Å². The van der Waals surface area contributed by atoms with Crippen LogP contribution in [0.4, 0.5) is 5.82 Å². The van der Waals surface area contributed by atoms with Gasteiger partial charge in [-0.2, -0.15) is 0 Å². The van der Waals surface area contributed by atoms with Crippen molar-refractivity contribution >= 4 is 29.4 Å². The van der Waals surface area contributed by atoms with Crippen LogP contribution in [0.3, 0.4) is 0 Å². The van der Waals surface area contributed by atoms with Crippen molar-refractivity contribution in [3.8, 4) is 0 Å². The highest BCUT2D eigenvalue weighted by Gasteiger charge is 2.34. The van der Waals surface area contributed by atoms with Gasteiger partial charge in [-0.15, -0.1) is 0 Å². The van der Waals surface area contributed by atoms with E-state index in [0.29, 0.717) is 16.4 Å². The van der Waals surface area contributed by atoms with Crippen molar-refractivity contribution in [2.24, 2.45) is 0 Å². The monoisotopic (exact) mass is 372 g/mol. The number of benzene rings is 1. The molecule has 1 aromatic heterocycles.